The number of fused-ring (bicyclic) bond motifs is 5. The van der Waals surface area contributed by atoms with Crippen LogP contribution in [0.3, 0.4) is 0 Å². The van der Waals surface area contributed by atoms with Crippen molar-refractivity contribution >= 4 is 33.1 Å². The monoisotopic (exact) mass is 554 g/mol. The largest absolute Gasteiger partial charge is 0.497 e. The summed E-state index contributed by atoms with van der Waals surface area (Å²) >= 11 is 0. The highest BCUT2D eigenvalue weighted by atomic mass is 32.2. The van der Waals surface area contributed by atoms with Crippen molar-refractivity contribution in [3.8, 4) is 17.0 Å². The second-order valence-corrected chi connectivity index (χ2v) is 12.4. The minimum Gasteiger partial charge on any atom is -0.497 e. The Labute approximate surface area is 228 Å². The molecule has 1 atom stereocenters. The zero-order valence-corrected chi connectivity index (χ0v) is 23.2. The van der Waals surface area contributed by atoms with Gasteiger partial charge >= 0.3 is 16.3 Å². The van der Waals surface area contributed by atoms with E-state index >= 15 is 0 Å². The van der Waals surface area contributed by atoms with Gasteiger partial charge in [0.25, 0.3) is 5.91 Å². The maximum absolute atomic E-state index is 13.0. The lowest BCUT2D eigenvalue weighted by molar-refractivity contribution is 0.0979. The third-order valence-corrected chi connectivity index (χ3v) is 9.25. The van der Waals surface area contributed by atoms with Crippen LogP contribution in [0.1, 0.15) is 59.5 Å². The molecule has 0 saturated heterocycles. The van der Waals surface area contributed by atoms with Gasteiger partial charge < -0.3 is 19.7 Å². The highest BCUT2D eigenvalue weighted by Crippen LogP contribution is 2.46. The molecule has 11 heteroatoms. The molecule has 0 radical (unpaired) electrons. The van der Waals surface area contributed by atoms with Gasteiger partial charge in [-0.25, -0.2) is 9.52 Å². The van der Waals surface area contributed by atoms with E-state index in [1.54, 1.807) is 19.2 Å². The van der Waals surface area contributed by atoms with E-state index in [-0.39, 0.29) is 5.56 Å². The number of rotatable bonds is 6. The minimum atomic E-state index is -3.96. The van der Waals surface area contributed by atoms with Gasteiger partial charge in [0.05, 0.1) is 18.8 Å². The van der Waals surface area contributed by atoms with Crippen LogP contribution in [0, 0.1) is 0 Å². The van der Waals surface area contributed by atoms with E-state index in [0.29, 0.717) is 24.6 Å². The Bertz CT molecular complexity index is 1540. The number of hydrogen-bond donors (Lipinski definition) is 3. The van der Waals surface area contributed by atoms with Gasteiger partial charge in [-0.05, 0) is 66.6 Å². The Morgan fingerprint density at radius 3 is 2.49 bits per heavy atom. The van der Waals surface area contributed by atoms with Gasteiger partial charge in [-0.2, -0.15) is 12.7 Å². The van der Waals surface area contributed by atoms with E-state index in [1.165, 1.54) is 26.1 Å². The van der Waals surface area contributed by atoms with Crippen molar-refractivity contribution in [3.63, 3.8) is 0 Å². The first-order chi connectivity index (χ1) is 18.6. The Balaban J connectivity index is 1.74. The van der Waals surface area contributed by atoms with Crippen LogP contribution in [-0.2, 0) is 23.2 Å². The van der Waals surface area contributed by atoms with Crippen LogP contribution in [-0.4, -0.2) is 61.6 Å². The molecule has 0 spiro atoms. The fourth-order valence-corrected chi connectivity index (χ4v) is 6.52. The van der Waals surface area contributed by atoms with Crippen molar-refractivity contribution in [2.24, 2.45) is 0 Å². The van der Waals surface area contributed by atoms with E-state index < -0.39 is 28.3 Å². The minimum absolute atomic E-state index is 0.213. The zero-order valence-electron chi connectivity index (χ0n) is 22.4. The summed E-state index contributed by atoms with van der Waals surface area (Å²) in [5.41, 5.74) is 5.24. The maximum Gasteiger partial charge on any atom is 0.404 e. The van der Waals surface area contributed by atoms with Gasteiger partial charge in [0.2, 0.25) is 0 Å². The van der Waals surface area contributed by atoms with E-state index in [1.807, 2.05) is 24.3 Å². The summed E-state index contributed by atoms with van der Waals surface area (Å²) in [4.78, 5) is 24.7. The summed E-state index contributed by atoms with van der Waals surface area (Å²) in [6.45, 7) is 0.364. The number of amides is 2. The third kappa shape index (κ3) is 5.20. The number of nitrogens with zero attached hydrogens (tertiary/aromatic N) is 2. The maximum atomic E-state index is 13.0. The van der Waals surface area contributed by atoms with Crippen LogP contribution in [0.4, 0.5) is 4.79 Å². The number of carboxylic acid groups (broad SMARTS) is 1. The normalized spacial score (nSPS) is 17.8. The topological polar surface area (TPSA) is 130 Å². The molecule has 1 unspecified atom stereocenters. The van der Waals surface area contributed by atoms with Gasteiger partial charge in [-0.1, -0.05) is 25.3 Å². The molecule has 5 rings (SSSR count). The van der Waals surface area contributed by atoms with Crippen molar-refractivity contribution in [2.75, 3.05) is 21.2 Å². The second-order valence-electron chi connectivity index (χ2n) is 10.5. The highest BCUT2D eigenvalue weighted by Gasteiger charge is 2.32. The SMILES string of the molecule is COc1ccc2c(c1)CC(NC(=O)O)Cn1c-2c(C2CCCCC2)c2ccc(C(=O)NS(=O)(=O)N(C)C)cc21. The van der Waals surface area contributed by atoms with Crippen LogP contribution in [0.25, 0.3) is 22.2 Å². The number of benzene rings is 2. The molecule has 2 heterocycles. The molecular weight excluding hydrogens is 520 g/mol. The van der Waals surface area contributed by atoms with Gasteiger partial charge in [-0.15, -0.1) is 0 Å². The zero-order chi connectivity index (χ0) is 27.9. The molecule has 1 aromatic heterocycles. The Morgan fingerprint density at radius 1 is 1.08 bits per heavy atom. The summed E-state index contributed by atoms with van der Waals surface area (Å²) < 4.78 is 35.3. The molecule has 2 amide bonds. The first kappa shape index (κ1) is 27.0. The molecule has 3 aromatic rings. The van der Waals surface area contributed by atoms with Crippen molar-refractivity contribution < 1.29 is 27.9 Å². The number of carbonyl (C=O) groups excluding carboxylic acids is 1. The van der Waals surface area contributed by atoms with Crippen LogP contribution in [0.5, 0.6) is 5.75 Å². The lowest BCUT2D eigenvalue weighted by atomic mass is 9.81. The number of ether oxygens (including phenoxy) is 1. The highest BCUT2D eigenvalue weighted by molar-refractivity contribution is 7.87. The quantitative estimate of drug-likeness (QED) is 0.421. The molecule has 3 N–H and O–H groups in total. The number of carbonyl (C=O) groups is 2. The number of hydrogen-bond acceptors (Lipinski definition) is 5. The fourth-order valence-electron chi connectivity index (χ4n) is 5.99. The summed E-state index contributed by atoms with van der Waals surface area (Å²) in [5, 5.41) is 13.3. The van der Waals surface area contributed by atoms with Crippen LogP contribution < -0.4 is 14.8 Å². The standard InChI is InChI=1S/C28H34N4O6S/c1-31(2)39(36,37)30-27(33)18-9-11-23-24(15-18)32-16-20(29-28(34)35)13-19-14-21(38-3)10-12-22(19)26(32)25(23)17-7-5-4-6-8-17/h9-12,14-15,17,20,29H,4-8,13,16H2,1-3H3,(H,30,33)(H,34,35). The van der Waals surface area contributed by atoms with Crippen LogP contribution in [0.15, 0.2) is 36.4 Å². The molecule has 10 nitrogen and oxygen atoms in total. The molecule has 2 aliphatic rings. The van der Waals surface area contributed by atoms with Crippen LogP contribution >= 0.6 is 0 Å². The Kier molecular flexibility index (Phi) is 7.30. The lowest BCUT2D eigenvalue weighted by Gasteiger charge is -2.24. The molecule has 1 aliphatic carbocycles. The lowest BCUT2D eigenvalue weighted by Crippen LogP contribution is -2.39. The summed E-state index contributed by atoms with van der Waals surface area (Å²) in [7, 11) is 0.350. The Morgan fingerprint density at radius 2 is 1.82 bits per heavy atom. The van der Waals surface area contributed by atoms with E-state index in [2.05, 4.69) is 14.6 Å². The van der Waals surface area contributed by atoms with E-state index in [4.69, 9.17) is 4.74 Å². The van der Waals surface area contributed by atoms with E-state index in [9.17, 15) is 23.1 Å². The molecule has 1 aliphatic heterocycles. The molecule has 208 valence electrons. The summed E-state index contributed by atoms with van der Waals surface area (Å²) in [5.74, 6) is 0.303. The van der Waals surface area contributed by atoms with Crippen molar-refractivity contribution in [3.05, 3.63) is 53.1 Å². The van der Waals surface area contributed by atoms with Gasteiger partial charge in [0, 0.05) is 42.7 Å². The second kappa shape index (κ2) is 10.5. The fraction of sp³-hybridized carbons (Fsp3) is 0.429. The van der Waals surface area contributed by atoms with Crippen LogP contribution in [0.2, 0.25) is 0 Å². The summed E-state index contributed by atoms with van der Waals surface area (Å²) in [6, 6.07) is 10.8. The molecule has 1 fully saturated rings. The molecule has 39 heavy (non-hydrogen) atoms. The average Bonchev–Trinajstić information content (AvgIpc) is 3.12. The number of methoxy groups -OCH3 is 1. The first-order valence-corrected chi connectivity index (χ1v) is 14.6. The molecular formula is C28H34N4O6S. The predicted molar refractivity (Wildman–Crippen MR) is 148 cm³/mol. The molecule has 2 aromatic carbocycles. The summed E-state index contributed by atoms with van der Waals surface area (Å²) in [6.07, 6.45) is 4.96. The van der Waals surface area contributed by atoms with Gasteiger partial charge in [0.15, 0.2) is 0 Å². The van der Waals surface area contributed by atoms with Crippen molar-refractivity contribution in [2.45, 2.75) is 57.0 Å². The van der Waals surface area contributed by atoms with Gasteiger partial charge in [-0.3, -0.25) is 4.79 Å². The smallest absolute Gasteiger partial charge is 0.404 e. The third-order valence-electron chi connectivity index (χ3n) is 7.85. The van der Waals surface area contributed by atoms with E-state index in [0.717, 1.165) is 57.7 Å². The van der Waals surface area contributed by atoms with Crippen molar-refractivity contribution in [1.82, 2.24) is 18.9 Å². The predicted octanol–water partition coefficient (Wildman–Crippen LogP) is 4.09. The molecule has 0 bridgehead atoms. The first-order valence-electron chi connectivity index (χ1n) is 13.2. The number of nitrogens with one attached hydrogen (secondary N) is 2. The van der Waals surface area contributed by atoms with Gasteiger partial charge in [0.1, 0.15) is 5.75 Å². The Hall–Kier alpha value is -3.57. The average molecular weight is 555 g/mol. The molecule has 1 saturated carbocycles. The number of aromatic nitrogens is 1. The van der Waals surface area contributed by atoms with Crippen molar-refractivity contribution in [1.29, 1.82) is 0 Å².